The second-order valence-corrected chi connectivity index (χ2v) is 10.4. The van der Waals surface area contributed by atoms with E-state index in [0.29, 0.717) is 15.5 Å². The number of nitrogens with two attached hydrogens (primary N) is 1. The van der Waals surface area contributed by atoms with E-state index in [1.807, 2.05) is 18.2 Å². The summed E-state index contributed by atoms with van der Waals surface area (Å²) in [7, 11) is 0. The number of hydrogen-bond acceptors (Lipinski definition) is 7. The molecular weight excluding hydrogens is 559 g/mol. The van der Waals surface area contributed by atoms with Crippen LogP contribution in [0.25, 0.3) is 27.7 Å². The summed E-state index contributed by atoms with van der Waals surface area (Å²) < 4.78 is 48.3. The Labute approximate surface area is 234 Å². The molecule has 41 heavy (non-hydrogen) atoms. The van der Waals surface area contributed by atoms with Gasteiger partial charge in [0.2, 0.25) is 0 Å². The molecule has 5 rings (SSSR count). The number of aromatic nitrogens is 3. The highest BCUT2D eigenvalue weighted by Crippen LogP contribution is 2.36. The SMILES string of the molecule is Cc1c(C(N)=O)sc(NC(=O)c2cnn3c(C(F)(F)F)cc(-c4cccc5ccccc45)nc23)c1C(=O)OC(C)C. The van der Waals surface area contributed by atoms with E-state index < -0.39 is 35.8 Å². The normalized spacial score (nSPS) is 11.8. The van der Waals surface area contributed by atoms with Crippen molar-refractivity contribution in [2.24, 2.45) is 5.73 Å². The summed E-state index contributed by atoms with van der Waals surface area (Å²) in [6, 6.07) is 13.2. The van der Waals surface area contributed by atoms with E-state index >= 15 is 0 Å². The Morgan fingerprint density at radius 3 is 2.49 bits per heavy atom. The van der Waals surface area contributed by atoms with Crippen LogP contribution in [0.2, 0.25) is 0 Å². The predicted molar refractivity (Wildman–Crippen MR) is 147 cm³/mol. The van der Waals surface area contributed by atoms with E-state index in [1.165, 1.54) is 6.92 Å². The van der Waals surface area contributed by atoms with Crippen molar-refractivity contribution >= 4 is 50.5 Å². The van der Waals surface area contributed by atoms with Crippen LogP contribution >= 0.6 is 11.3 Å². The van der Waals surface area contributed by atoms with Gasteiger partial charge in [0.1, 0.15) is 10.6 Å². The summed E-state index contributed by atoms with van der Waals surface area (Å²) in [5.74, 6) is -2.52. The fourth-order valence-electron chi connectivity index (χ4n) is 4.44. The van der Waals surface area contributed by atoms with Gasteiger partial charge in [-0.2, -0.15) is 18.3 Å². The third kappa shape index (κ3) is 5.11. The molecule has 9 nitrogen and oxygen atoms in total. The number of esters is 1. The molecule has 0 atom stereocenters. The Morgan fingerprint density at radius 2 is 1.80 bits per heavy atom. The smallest absolute Gasteiger partial charge is 0.433 e. The van der Waals surface area contributed by atoms with Gasteiger partial charge < -0.3 is 15.8 Å². The number of fused-ring (bicyclic) bond motifs is 2. The topological polar surface area (TPSA) is 129 Å². The largest absolute Gasteiger partial charge is 0.459 e. The number of alkyl halides is 3. The molecule has 0 aliphatic rings. The number of nitrogens with one attached hydrogen (secondary N) is 1. The maximum Gasteiger partial charge on any atom is 0.433 e. The number of ether oxygens (including phenoxy) is 1. The Bertz CT molecular complexity index is 1850. The zero-order valence-electron chi connectivity index (χ0n) is 21.9. The van der Waals surface area contributed by atoms with E-state index in [9.17, 15) is 27.6 Å². The van der Waals surface area contributed by atoms with Gasteiger partial charge in [-0.15, -0.1) is 11.3 Å². The molecule has 2 aromatic carbocycles. The molecule has 0 saturated carbocycles. The van der Waals surface area contributed by atoms with Gasteiger partial charge in [-0.1, -0.05) is 42.5 Å². The minimum Gasteiger partial charge on any atom is -0.459 e. The number of thiophene rings is 1. The second-order valence-electron chi connectivity index (χ2n) is 9.38. The van der Waals surface area contributed by atoms with Crippen LogP contribution in [-0.2, 0) is 10.9 Å². The lowest BCUT2D eigenvalue weighted by molar-refractivity contribution is -0.142. The number of carbonyl (C=O) groups is 3. The molecule has 0 radical (unpaired) electrons. The number of benzene rings is 2. The predicted octanol–water partition coefficient (Wildman–Crippen LogP) is 5.85. The van der Waals surface area contributed by atoms with Crippen LogP contribution in [0.4, 0.5) is 18.2 Å². The number of rotatable bonds is 6. The van der Waals surface area contributed by atoms with Crippen molar-refractivity contribution in [1.29, 1.82) is 0 Å². The van der Waals surface area contributed by atoms with Crippen LogP contribution in [0.5, 0.6) is 0 Å². The fraction of sp³-hybridized carbons (Fsp3) is 0.179. The van der Waals surface area contributed by atoms with Crippen molar-refractivity contribution in [2.45, 2.75) is 33.1 Å². The van der Waals surface area contributed by atoms with Crippen molar-refractivity contribution in [1.82, 2.24) is 14.6 Å². The molecule has 210 valence electrons. The van der Waals surface area contributed by atoms with Crippen LogP contribution in [0, 0.1) is 6.92 Å². The van der Waals surface area contributed by atoms with E-state index in [0.717, 1.165) is 29.0 Å². The lowest BCUT2D eigenvalue weighted by Crippen LogP contribution is -2.18. The Kier molecular flexibility index (Phi) is 6.99. The van der Waals surface area contributed by atoms with Crippen molar-refractivity contribution < 1.29 is 32.3 Å². The third-order valence-electron chi connectivity index (χ3n) is 6.22. The van der Waals surface area contributed by atoms with Crippen LogP contribution in [0.3, 0.4) is 0 Å². The van der Waals surface area contributed by atoms with E-state index in [-0.39, 0.29) is 37.9 Å². The number of hydrogen-bond donors (Lipinski definition) is 2. The minimum absolute atomic E-state index is 0.0136. The first-order valence-electron chi connectivity index (χ1n) is 12.3. The molecule has 3 aromatic heterocycles. The minimum atomic E-state index is -4.82. The van der Waals surface area contributed by atoms with Gasteiger partial charge in [0.15, 0.2) is 11.3 Å². The monoisotopic (exact) mass is 581 g/mol. The lowest BCUT2D eigenvalue weighted by Gasteiger charge is -2.13. The highest BCUT2D eigenvalue weighted by atomic mass is 32.1. The first-order valence-corrected chi connectivity index (χ1v) is 13.1. The zero-order chi connectivity index (χ0) is 29.6. The first-order chi connectivity index (χ1) is 19.4. The Morgan fingerprint density at radius 1 is 1.10 bits per heavy atom. The van der Waals surface area contributed by atoms with E-state index in [2.05, 4.69) is 15.4 Å². The molecule has 3 N–H and O–H groups in total. The molecule has 0 aliphatic heterocycles. The molecular formula is C28H22F3N5O4S. The Balaban J connectivity index is 1.65. The van der Waals surface area contributed by atoms with Crippen molar-refractivity contribution in [3.8, 4) is 11.3 Å². The second kappa shape index (κ2) is 10.3. The number of carbonyl (C=O) groups excluding carboxylic acids is 3. The molecule has 0 unspecified atom stereocenters. The lowest BCUT2D eigenvalue weighted by atomic mass is 10.0. The van der Waals surface area contributed by atoms with Crippen molar-refractivity contribution in [3.05, 3.63) is 82.0 Å². The first kappa shape index (κ1) is 27.8. The summed E-state index contributed by atoms with van der Waals surface area (Å²) in [4.78, 5) is 42.6. The molecule has 3 heterocycles. The summed E-state index contributed by atoms with van der Waals surface area (Å²) in [6.07, 6.45) is -4.36. The van der Waals surface area contributed by atoms with E-state index in [4.69, 9.17) is 10.5 Å². The molecule has 0 fully saturated rings. The molecule has 0 saturated heterocycles. The number of amides is 2. The summed E-state index contributed by atoms with van der Waals surface area (Å²) in [6.45, 7) is 4.73. The molecule has 0 spiro atoms. The average Bonchev–Trinajstić information content (AvgIpc) is 3.47. The standard InChI is InChI=1S/C28H22F3N5O4S/c1-13(2)40-27(39)21-14(3)22(23(32)37)41-26(21)35-25(38)18-12-33-36-20(28(29,30)31)11-19(34-24(18)36)17-10-6-8-15-7-4-5-9-16(15)17/h4-13H,1-3H3,(H2,32,37)(H,35,38). The van der Waals surface area contributed by atoms with Crippen LogP contribution < -0.4 is 11.1 Å². The number of halogens is 3. The number of primary amides is 1. The molecule has 0 bridgehead atoms. The maximum absolute atomic E-state index is 14.2. The summed E-state index contributed by atoms with van der Waals surface area (Å²) >= 11 is 0.755. The van der Waals surface area contributed by atoms with Crippen molar-refractivity contribution in [3.63, 3.8) is 0 Å². The molecule has 0 aliphatic carbocycles. The van der Waals surface area contributed by atoms with Gasteiger partial charge in [0.25, 0.3) is 11.8 Å². The van der Waals surface area contributed by atoms with Gasteiger partial charge in [-0.3, -0.25) is 9.59 Å². The fourth-order valence-corrected chi connectivity index (χ4v) is 5.48. The highest BCUT2D eigenvalue weighted by Gasteiger charge is 2.36. The van der Waals surface area contributed by atoms with Crippen LogP contribution in [0.15, 0.2) is 54.7 Å². The zero-order valence-corrected chi connectivity index (χ0v) is 22.7. The number of nitrogens with zero attached hydrogens (tertiary/aromatic N) is 3. The molecule has 13 heteroatoms. The van der Waals surface area contributed by atoms with Crippen LogP contribution in [-0.4, -0.2) is 38.5 Å². The van der Waals surface area contributed by atoms with Gasteiger partial charge in [-0.05, 0) is 43.2 Å². The maximum atomic E-state index is 14.2. The third-order valence-corrected chi connectivity index (χ3v) is 7.44. The van der Waals surface area contributed by atoms with Gasteiger partial charge in [0, 0.05) is 5.56 Å². The molecule has 2 amide bonds. The van der Waals surface area contributed by atoms with Crippen LogP contribution in [0.1, 0.15) is 55.5 Å². The Hall–Kier alpha value is -4.78. The van der Waals surface area contributed by atoms with Crippen molar-refractivity contribution in [2.75, 3.05) is 5.32 Å². The average molecular weight is 582 g/mol. The summed E-state index contributed by atoms with van der Waals surface area (Å²) in [5.41, 5.74) is 4.22. The van der Waals surface area contributed by atoms with Gasteiger partial charge in [0.05, 0.1) is 28.4 Å². The van der Waals surface area contributed by atoms with Gasteiger partial charge >= 0.3 is 12.1 Å². The number of anilines is 1. The molecule has 5 aromatic rings. The highest BCUT2D eigenvalue weighted by molar-refractivity contribution is 7.18. The summed E-state index contributed by atoms with van der Waals surface area (Å²) in [5, 5.41) is 7.74. The van der Waals surface area contributed by atoms with Gasteiger partial charge in [-0.25, -0.2) is 14.3 Å². The quantitative estimate of drug-likeness (QED) is 0.242. The van der Waals surface area contributed by atoms with E-state index in [1.54, 1.807) is 38.1 Å².